The third kappa shape index (κ3) is 2.74. The fraction of sp³-hybridized carbons (Fsp3) is 0.917. The van der Waals surface area contributed by atoms with Crippen LogP contribution in [0.3, 0.4) is 0 Å². The quantitative estimate of drug-likeness (QED) is 0.769. The van der Waals surface area contributed by atoms with Gasteiger partial charge in [-0.2, -0.15) is 0 Å². The van der Waals surface area contributed by atoms with Crippen molar-refractivity contribution in [2.24, 2.45) is 0 Å². The van der Waals surface area contributed by atoms with Gasteiger partial charge in [0.25, 0.3) is 5.91 Å². The van der Waals surface area contributed by atoms with Crippen molar-refractivity contribution >= 4 is 5.91 Å². The SMILES string of the molecule is CN(C)C(=O)C1CCC(CNC2CCC2)O1. The van der Waals surface area contributed by atoms with Crippen molar-refractivity contribution in [3.63, 3.8) is 0 Å². The lowest BCUT2D eigenvalue weighted by molar-refractivity contribution is -0.140. The molecule has 1 saturated carbocycles. The molecule has 0 bridgehead atoms. The molecule has 1 heterocycles. The molecule has 1 aliphatic carbocycles. The average molecular weight is 226 g/mol. The molecule has 2 fully saturated rings. The zero-order valence-electron chi connectivity index (χ0n) is 10.2. The molecule has 2 aliphatic rings. The second-order valence-corrected chi connectivity index (χ2v) is 5.09. The Labute approximate surface area is 97.3 Å². The highest BCUT2D eigenvalue weighted by atomic mass is 16.5. The van der Waals surface area contributed by atoms with Gasteiger partial charge in [0.05, 0.1) is 6.10 Å². The van der Waals surface area contributed by atoms with E-state index in [1.54, 1.807) is 19.0 Å². The Morgan fingerprint density at radius 1 is 1.31 bits per heavy atom. The first-order valence-electron chi connectivity index (χ1n) is 6.27. The van der Waals surface area contributed by atoms with Crippen LogP contribution in [0.4, 0.5) is 0 Å². The van der Waals surface area contributed by atoms with Gasteiger partial charge in [0.2, 0.25) is 0 Å². The highest BCUT2D eigenvalue weighted by Crippen LogP contribution is 2.22. The van der Waals surface area contributed by atoms with Crippen LogP contribution in [-0.4, -0.2) is 49.7 Å². The number of hydrogen-bond donors (Lipinski definition) is 1. The zero-order valence-corrected chi connectivity index (χ0v) is 10.2. The minimum absolute atomic E-state index is 0.103. The Balaban J connectivity index is 1.68. The molecule has 2 atom stereocenters. The minimum Gasteiger partial charge on any atom is -0.364 e. The molecule has 1 saturated heterocycles. The van der Waals surface area contributed by atoms with E-state index in [9.17, 15) is 4.79 Å². The van der Waals surface area contributed by atoms with Gasteiger partial charge in [0.15, 0.2) is 0 Å². The minimum atomic E-state index is -0.205. The molecule has 16 heavy (non-hydrogen) atoms. The topological polar surface area (TPSA) is 41.6 Å². The molecule has 92 valence electrons. The highest BCUT2D eigenvalue weighted by Gasteiger charge is 2.32. The molecule has 2 rings (SSSR count). The predicted octanol–water partition coefficient (Wildman–Crippen LogP) is 0.764. The lowest BCUT2D eigenvalue weighted by Gasteiger charge is -2.28. The molecule has 4 heteroatoms. The van der Waals surface area contributed by atoms with E-state index >= 15 is 0 Å². The summed E-state index contributed by atoms with van der Waals surface area (Å²) in [4.78, 5) is 13.3. The molecule has 0 aromatic heterocycles. The van der Waals surface area contributed by atoms with Gasteiger partial charge in [-0.05, 0) is 25.7 Å². The van der Waals surface area contributed by atoms with Crippen molar-refractivity contribution in [3.8, 4) is 0 Å². The molecule has 2 unspecified atom stereocenters. The maximum atomic E-state index is 11.7. The number of nitrogens with one attached hydrogen (secondary N) is 1. The fourth-order valence-corrected chi connectivity index (χ4v) is 2.24. The number of carbonyl (C=O) groups is 1. The van der Waals surface area contributed by atoms with Crippen LogP contribution in [0.2, 0.25) is 0 Å². The van der Waals surface area contributed by atoms with E-state index in [2.05, 4.69) is 5.32 Å². The van der Waals surface area contributed by atoms with Crippen LogP contribution >= 0.6 is 0 Å². The molecule has 0 radical (unpaired) electrons. The van der Waals surface area contributed by atoms with E-state index in [1.165, 1.54) is 19.3 Å². The van der Waals surface area contributed by atoms with Crippen LogP contribution in [0, 0.1) is 0 Å². The van der Waals surface area contributed by atoms with E-state index in [0.717, 1.165) is 19.4 Å². The Kier molecular flexibility index (Phi) is 3.82. The van der Waals surface area contributed by atoms with Crippen LogP contribution in [0.5, 0.6) is 0 Å². The zero-order chi connectivity index (χ0) is 11.5. The Bertz CT molecular complexity index is 251. The summed E-state index contributed by atoms with van der Waals surface area (Å²) >= 11 is 0. The van der Waals surface area contributed by atoms with Crippen molar-refractivity contribution in [2.75, 3.05) is 20.6 Å². The molecule has 0 aromatic carbocycles. The number of hydrogen-bond acceptors (Lipinski definition) is 3. The van der Waals surface area contributed by atoms with Crippen LogP contribution in [0.15, 0.2) is 0 Å². The van der Waals surface area contributed by atoms with Crippen molar-refractivity contribution in [2.45, 2.75) is 50.4 Å². The van der Waals surface area contributed by atoms with Gasteiger partial charge in [0.1, 0.15) is 6.10 Å². The summed E-state index contributed by atoms with van der Waals surface area (Å²) in [5.41, 5.74) is 0. The van der Waals surface area contributed by atoms with E-state index in [0.29, 0.717) is 6.04 Å². The Hall–Kier alpha value is -0.610. The third-order valence-electron chi connectivity index (χ3n) is 3.56. The summed E-state index contributed by atoms with van der Waals surface area (Å²) in [6.07, 6.45) is 5.85. The number of rotatable bonds is 4. The molecular formula is C12H22N2O2. The summed E-state index contributed by atoms with van der Waals surface area (Å²) < 4.78 is 5.75. The number of carbonyl (C=O) groups excluding carboxylic acids is 1. The smallest absolute Gasteiger partial charge is 0.251 e. The Morgan fingerprint density at radius 2 is 2.06 bits per heavy atom. The number of ether oxygens (including phenoxy) is 1. The maximum absolute atomic E-state index is 11.7. The van der Waals surface area contributed by atoms with E-state index < -0.39 is 0 Å². The van der Waals surface area contributed by atoms with Crippen LogP contribution in [0.25, 0.3) is 0 Å². The maximum Gasteiger partial charge on any atom is 0.251 e. The average Bonchev–Trinajstić information content (AvgIpc) is 2.62. The number of nitrogens with zero attached hydrogens (tertiary/aromatic N) is 1. The monoisotopic (exact) mass is 226 g/mol. The van der Waals surface area contributed by atoms with E-state index in [1.807, 2.05) is 0 Å². The molecule has 1 aliphatic heterocycles. The number of amides is 1. The van der Waals surface area contributed by atoms with Crippen molar-refractivity contribution in [3.05, 3.63) is 0 Å². The van der Waals surface area contributed by atoms with Gasteiger partial charge in [-0.1, -0.05) is 6.42 Å². The largest absolute Gasteiger partial charge is 0.364 e. The van der Waals surface area contributed by atoms with Crippen molar-refractivity contribution in [1.82, 2.24) is 10.2 Å². The molecular weight excluding hydrogens is 204 g/mol. The standard InChI is InChI=1S/C12H22N2O2/c1-14(2)12(15)11-7-6-10(16-11)8-13-9-4-3-5-9/h9-11,13H,3-8H2,1-2H3. The molecule has 0 aromatic rings. The summed E-state index contributed by atoms with van der Waals surface area (Å²) in [5.74, 6) is 0.103. The molecule has 1 amide bonds. The van der Waals surface area contributed by atoms with E-state index in [4.69, 9.17) is 4.74 Å². The van der Waals surface area contributed by atoms with Gasteiger partial charge < -0.3 is 15.0 Å². The van der Waals surface area contributed by atoms with Crippen molar-refractivity contribution < 1.29 is 9.53 Å². The van der Waals surface area contributed by atoms with Gasteiger partial charge in [-0.15, -0.1) is 0 Å². The van der Waals surface area contributed by atoms with Crippen LogP contribution in [-0.2, 0) is 9.53 Å². The van der Waals surface area contributed by atoms with Gasteiger partial charge >= 0.3 is 0 Å². The van der Waals surface area contributed by atoms with Crippen LogP contribution < -0.4 is 5.32 Å². The van der Waals surface area contributed by atoms with Crippen LogP contribution in [0.1, 0.15) is 32.1 Å². The van der Waals surface area contributed by atoms with Gasteiger partial charge in [-0.3, -0.25) is 4.79 Å². The summed E-state index contributed by atoms with van der Waals surface area (Å²) in [6.45, 7) is 0.905. The molecule has 4 nitrogen and oxygen atoms in total. The highest BCUT2D eigenvalue weighted by molar-refractivity contribution is 5.80. The third-order valence-corrected chi connectivity index (χ3v) is 3.56. The second-order valence-electron chi connectivity index (χ2n) is 5.09. The fourth-order valence-electron chi connectivity index (χ4n) is 2.24. The molecule has 0 spiro atoms. The lowest BCUT2D eigenvalue weighted by Crippen LogP contribution is -2.40. The summed E-state index contributed by atoms with van der Waals surface area (Å²) in [5, 5.41) is 3.50. The first-order chi connectivity index (χ1) is 7.66. The summed E-state index contributed by atoms with van der Waals surface area (Å²) in [6, 6.07) is 0.701. The Morgan fingerprint density at radius 3 is 2.62 bits per heavy atom. The second kappa shape index (κ2) is 5.15. The molecule has 1 N–H and O–H groups in total. The van der Waals surface area contributed by atoms with Gasteiger partial charge in [-0.25, -0.2) is 0 Å². The first-order valence-corrected chi connectivity index (χ1v) is 6.27. The van der Waals surface area contributed by atoms with Crippen molar-refractivity contribution in [1.29, 1.82) is 0 Å². The van der Waals surface area contributed by atoms with Gasteiger partial charge in [0, 0.05) is 26.7 Å². The summed E-state index contributed by atoms with van der Waals surface area (Å²) in [7, 11) is 3.57. The lowest BCUT2D eigenvalue weighted by atomic mass is 9.93. The van der Waals surface area contributed by atoms with E-state index in [-0.39, 0.29) is 18.1 Å². The number of likely N-dealkylation sites (N-methyl/N-ethyl adjacent to an activating group) is 1. The normalized spacial score (nSPS) is 30.1. The first kappa shape index (κ1) is 11.9. The predicted molar refractivity (Wildman–Crippen MR) is 62.2 cm³/mol.